The third-order valence-electron chi connectivity index (χ3n) is 4.81. The Kier molecular flexibility index (Phi) is 3.70. The first kappa shape index (κ1) is 14.9. The Balaban J connectivity index is 1.40. The van der Waals surface area contributed by atoms with Gasteiger partial charge >= 0.3 is 0 Å². The van der Waals surface area contributed by atoms with Crippen molar-refractivity contribution in [1.82, 2.24) is 4.90 Å². The molecule has 2 heterocycles. The molecule has 0 aliphatic carbocycles. The van der Waals surface area contributed by atoms with Crippen molar-refractivity contribution < 1.29 is 9.47 Å². The molecule has 0 bridgehead atoms. The van der Waals surface area contributed by atoms with Gasteiger partial charge < -0.3 is 9.47 Å². The van der Waals surface area contributed by atoms with E-state index in [0.29, 0.717) is 5.02 Å². The maximum Gasteiger partial charge on any atom is 0.137 e. The van der Waals surface area contributed by atoms with Crippen molar-refractivity contribution in [2.24, 2.45) is 5.41 Å². The lowest BCUT2D eigenvalue weighted by atomic mass is 9.74. The van der Waals surface area contributed by atoms with E-state index in [1.165, 1.54) is 11.1 Å². The summed E-state index contributed by atoms with van der Waals surface area (Å²) in [6, 6.07) is 14.4. The Hall–Kier alpha value is -1.71. The molecule has 1 fully saturated rings. The molecule has 2 aliphatic rings. The quantitative estimate of drug-likeness (QED) is 0.855. The van der Waals surface area contributed by atoms with Gasteiger partial charge in [-0.15, -0.1) is 0 Å². The molecule has 0 atom stereocenters. The maximum atomic E-state index is 6.21. The number of rotatable bonds is 3. The zero-order valence-electron chi connectivity index (χ0n) is 13.2. The molecule has 1 saturated heterocycles. The molecule has 3 nitrogen and oxygen atoms in total. The predicted molar refractivity (Wildman–Crippen MR) is 91.4 cm³/mol. The number of methoxy groups -OCH3 is 1. The smallest absolute Gasteiger partial charge is 0.137 e. The Morgan fingerprint density at radius 3 is 2.83 bits per heavy atom. The van der Waals surface area contributed by atoms with Gasteiger partial charge in [-0.3, -0.25) is 4.90 Å². The number of halogens is 1. The standard InChI is InChI=1S/C19H20ClNO2/c1-22-18-7-6-14(8-16(18)20)10-21-11-19(12-21)9-15-4-2-3-5-17(15)23-13-19/h2-8H,9-13H2,1H3. The number of hydrogen-bond acceptors (Lipinski definition) is 3. The predicted octanol–water partition coefficient (Wildman–Crippen LogP) is 3.79. The average molecular weight is 330 g/mol. The average Bonchev–Trinajstić information content (AvgIpc) is 2.53. The fraction of sp³-hybridized carbons (Fsp3) is 0.368. The van der Waals surface area contributed by atoms with Gasteiger partial charge in [-0.1, -0.05) is 35.9 Å². The van der Waals surface area contributed by atoms with Gasteiger partial charge in [0.25, 0.3) is 0 Å². The van der Waals surface area contributed by atoms with E-state index < -0.39 is 0 Å². The Morgan fingerprint density at radius 1 is 1.22 bits per heavy atom. The first-order chi connectivity index (χ1) is 11.2. The SMILES string of the molecule is COc1ccc(CN2CC3(COc4ccccc4C3)C2)cc1Cl. The molecule has 0 N–H and O–H groups in total. The molecule has 0 unspecified atom stereocenters. The number of benzene rings is 2. The molecule has 4 heteroatoms. The lowest BCUT2D eigenvalue weighted by Crippen LogP contribution is -2.60. The zero-order valence-corrected chi connectivity index (χ0v) is 14.0. The first-order valence-electron chi connectivity index (χ1n) is 7.93. The second-order valence-corrected chi connectivity index (χ2v) is 7.09. The number of ether oxygens (including phenoxy) is 2. The molecule has 0 aromatic heterocycles. The molecule has 2 aliphatic heterocycles. The molecule has 120 valence electrons. The Bertz CT molecular complexity index is 725. The van der Waals surface area contributed by atoms with Crippen molar-refractivity contribution in [3.63, 3.8) is 0 Å². The van der Waals surface area contributed by atoms with Gasteiger partial charge in [0.1, 0.15) is 11.5 Å². The van der Waals surface area contributed by atoms with E-state index in [1.54, 1.807) is 7.11 Å². The Morgan fingerprint density at radius 2 is 2.04 bits per heavy atom. The van der Waals surface area contributed by atoms with Crippen molar-refractivity contribution in [1.29, 1.82) is 0 Å². The summed E-state index contributed by atoms with van der Waals surface area (Å²) >= 11 is 6.21. The zero-order chi connectivity index (χ0) is 15.9. The summed E-state index contributed by atoms with van der Waals surface area (Å²) in [5.74, 6) is 1.78. The van der Waals surface area contributed by atoms with Gasteiger partial charge in [0.15, 0.2) is 0 Å². The second kappa shape index (κ2) is 5.73. The summed E-state index contributed by atoms with van der Waals surface area (Å²) in [5.41, 5.74) is 2.85. The summed E-state index contributed by atoms with van der Waals surface area (Å²) in [6.07, 6.45) is 1.11. The highest BCUT2D eigenvalue weighted by atomic mass is 35.5. The van der Waals surface area contributed by atoms with Gasteiger partial charge in [0, 0.05) is 25.0 Å². The van der Waals surface area contributed by atoms with Gasteiger partial charge in [-0.25, -0.2) is 0 Å². The Labute approximate surface area is 141 Å². The van der Waals surface area contributed by atoms with Crippen LogP contribution in [0.1, 0.15) is 11.1 Å². The normalized spacial score (nSPS) is 18.9. The van der Waals surface area contributed by atoms with E-state index in [4.69, 9.17) is 21.1 Å². The molecule has 2 aromatic carbocycles. The molecule has 0 saturated carbocycles. The number of para-hydroxylation sites is 1. The first-order valence-corrected chi connectivity index (χ1v) is 8.31. The van der Waals surface area contributed by atoms with Gasteiger partial charge in [-0.05, 0) is 35.7 Å². The van der Waals surface area contributed by atoms with Crippen molar-refractivity contribution >= 4 is 11.6 Å². The van der Waals surface area contributed by atoms with Crippen LogP contribution in [0, 0.1) is 5.41 Å². The monoisotopic (exact) mass is 329 g/mol. The van der Waals surface area contributed by atoms with Crippen LogP contribution in [0.4, 0.5) is 0 Å². The van der Waals surface area contributed by atoms with Crippen LogP contribution in [0.25, 0.3) is 0 Å². The third-order valence-corrected chi connectivity index (χ3v) is 5.11. The minimum absolute atomic E-state index is 0.282. The highest BCUT2D eigenvalue weighted by Gasteiger charge is 2.45. The highest BCUT2D eigenvalue weighted by molar-refractivity contribution is 6.32. The topological polar surface area (TPSA) is 21.7 Å². The molecule has 0 radical (unpaired) electrons. The number of nitrogens with zero attached hydrogens (tertiary/aromatic N) is 1. The van der Waals surface area contributed by atoms with E-state index >= 15 is 0 Å². The van der Waals surface area contributed by atoms with E-state index in [-0.39, 0.29) is 5.41 Å². The number of likely N-dealkylation sites (tertiary alicyclic amines) is 1. The fourth-order valence-electron chi connectivity index (χ4n) is 3.76. The lowest BCUT2D eigenvalue weighted by molar-refractivity contribution is -0.0478. The van der Waals surface area contributed by atoms with Crippen molar-refractivity contribution in [3.05, 3.63) is 58.6 Å². The molecule has 1 spiro atoms. The van der Waals surface area contributed by atoms with Crippen LogP contribution >= 0.6 is 11.6 Å². The van der Waals surface area contributed by atoms with Crippen LogP contribution in [0.15, 0.2) is 42.5 Å². The van der Waals surface area contributed by atoms with E-state index in [1.807, 2.05) is 18.2 Å². The van der Waals surface area contributed by atoms with Crippen LogP contribution in [0.2, 0.25) is 5.02 Å². The second-order valence-electron chi connectivity index (χ2n) is 6.69. The summed E-state index contributed by atoms with van der Waals surface area (Å²) in [7, 11) is 1.64. The molecule has 23 heavy (non-hydrogen) atoms. The van der Waals surface area contributed by atoms with Crippen molar-refractivity contribution in [2.45, 2.75) is 13.0 Å². The van der Waals surface area contributed by atoms with E-state index in [9.17, 15) is 0 Å². The van der Waals surface area contributed by atoms with Gasteiger partial charge in [0.2, 0.25) is 0 Å². The van der Waals surface area contributed by atoms with Crippen LogP contribution in [0.3, 0.4) is 0 Å². The molecule has 2 aromatic rings. The maximum absolute atomic E-state index is 6.21. The lowest BCUT2D eigenvalue weighted by Gasteiger charge is -2.52. The number of hydrogen-bond donors (Lipinski definition) is 0. The van der Waals surface area contributed by atoms with Crippen molar-refractivity contribution in [2.75, 3.05) is 26.8 Å². The van der Waals surface area contributed by atoms with Crippen LogP contribution in [-0.2, 0) is 13.0 Å². The van der Waals surface area contributed by atoms with E-state index in [0.717, 1.165) is 44.2 Å². The summed E-state index contributed by atoms with van der Waals surface area (Å²) in [4.78, 5) is 2.45. The third kappa shape index (κ3) is 2.79. The minimum atomic E-state index is 0.282. The van der Waals surface area contributed by atoms with Crippen LogP contribution < -0.4 is 9.47 Å². The molecule has 0 amide bonds. The molecular formula is C19H20ClNO2. The minimum Gasteiger partial charge on any atom is -0.495 e. The molecule has 4 rings (SSSR count). The summed E-state index contributed by atoms with van der Waals surface area (Å²) < 4.78 is 11.2. The highest BCUT2D eigenvalue weighted by Crippen LogP contribution is 2.41. The largest absolute Gasteiger partial charge is 0.495 e. The molecular weight excluding hydrogens is 310 g/mol. The van der Waals surface area contributed by atoms with Crippen LogP contribution in [-0.4, -0.2) is 31.7 Å². The number of fused-ring (bicyclic) bond motifs is 1. The summed E-state index contributed by atoms with van der Waals surface area (Å²) in [5, 5.41) is 0.676. The van der Waals surface area contributed by atoms with E-state index in [2.05, 4.69) is 29.2 Å². The van der Waals surface area contributed by atoms with Gasteiger partial charge in [0.05, 0.1) is 18.7 Å². The van der Waals surface area contributed by atoms with Crippen molar-refractivity contribution in [3.8, 4) is 11.5 Å². The van der Waals surface area contributed by atoms with Gasteiger partial charge in [-0.2, -0.15) is 0 Å². The van der Waals surface area contributed by atoms with Crippen LogP contribution in [0.5, 0.6) is 11.5 Å². The fourth-order valence-corrected chi connectivity index (χ4v) is 4.04. The summed E-state index contributed by atoms with van der Waals surface area (Å²) in [6.45, 7) is 3.90.